The Morgan fingerprint density at radius 2 is 2.17 bits per heavy atom. The summed E-state index contributed by atoms with van der Waals surface area (Å²) in [6.45, 7) is 6.70. The number of aromatic nitrogens is 2. The van der Waals surface area contributed by atoms with E-state index in [9.17, 15) is 4.79 Å². The maximum atomic E-state index is 12.6. The van der Waals surface area contributed by atoms with E-state index in [4.69, 9.17) is 4.52 Å². The molecular weight excluding hydrogens is 304 g/mol. The third-order valence-electron chi connectivity index (χ3n) is 4.67. The van der Waals surface area contributed by atoms with E-state index >= 15 is 0 Å². The number of rotatable bonds is 4. The SMILES string of the molecule is Cc1nc(CCC2CCCN2C(=O)Nc2ccc(C)c(C)c2)no1. The van der Waals surface area contributed by atoms with Crippen molar-refractivity contribution in [1.82, 2.24) is 15.0 Å². The van der Waals surface area contributed by atoms with Gasteiger partial charge >= 0.3 is 6.03 Å². The Bertz CT molecular complexity index is 726. The van der Waals surface area contributed by atoms with Crippen molar-refractivity contribution >= 4 is 11.7 Å². The monoisotopic (exact) mass is 328 g/mol. The molecule has 1 aliphatic rings. The zero-order valence-corrected chi connectivity index (χ0v) is 14.5. The predicted molar refractivity (Wildman–Crippen MR) is 92.0 cm³/mol. The molecule has 1 aromatic carbocycles. The van der Waals surface area contributed by atoms with Gasteiger partial charge in [-0.3, -0.25) is 0 Å². The normalized spacial score (nSPS) is 17.3. The molecule has 0 radical (unpaired) electrons. The van der Waals surface area contributed by atoms with Gasteiger partial charge in [0.1, 0.15) is 0 Å². The van der Waals surface area contributed by atoms with E-state index in [1.807, 2.05) is 23.1 Å². The van der Waals surface area contributed by atoms with Crippen LogP contribution in [0.5, 0.6) is 0 Å². The summed E-state index contributed by atoms with van der Waals surface area (Å²) in [5.41, 5.74) is 3.25. The molecule has 0 saturated carbocycles. The van der Waals surface area contributed by atoms with Crippen LogP contribution >= 0.6 is 0 Å². The summed E-state index contributed by atoms with van der Waals surface area (Å²) in [7, 11) is 0. The Labute approximate surface area is 142 Å². The van der Waals surface area contributed by atoms with Crippen LogP contribution in [0.25, 0.3) is 0 Å². The Balaban J connectivity index is 1.59. The van der Waals surface area contributed by atoms with Crippen LogP contribution in [0.15, 0.2) is 22.7 Å². The van der Waals surface area contributed by atoms with Gasteiger partial charge < -0.3 is 14.7 Å². The van der Waals surface area contributed by atoms with Gasteiger partial charge in [-0.1, -0.05) is 11.2 Å². The second-order valence-corrected chi connectivity index (χ2v) is 6.49. The molecule has 6 nitrogen and oxygen atoms in total. The largest absolute Gasteiger partial charge is 0.340 e. The van der Waals surface area contributed by atoms with Gasteiger partial charge in [-0.15, -0.1) is 0 Å². The van der Waals surface area contributed by atoms with Crippen LogP contribution in [-0.4, -0.2) is 33.7 Å². The van der Waals surface area contributed by atoms with Gasteiger partial charge in [-0.25, -0.2) is 4.79 Å². The molecule has 1 saturated heterocycles. The predicted octanol–water partition coefficient (Wildman–Crippen LogP) is 3.62. The summed E-state index contributed by atoms with van der Waals surface area (Å²) in [4.78, 5) is 18.8. The molecule has 2 aromatic rings. The molecule has 1 aliphatic heterocycles. The third-order valence-corrected chi connectivity index (χ3v) is 4.67. The molecule has 2 amide bonds. The fourth-order valence-electron chi connectivity index (χ4n) is 3.16. The smallest absolute Gasteiger partial charge is 0.322 e. The maximum Gasteiger partial charge on any atom is 0.322 e. The number of aryl methyl sites for hydroxylation is 4. The second kappa shape index (κ2) is 7.03. The summed E-state index contributed by atoms with van der Waals surface area (Å²) in [6, 6.07) is 6.21. The van der Waals surface area contributed by atoms with Gasteiger partial charge in [0.15, 0.2) is 5.82 Å². The quantitative estimate of drug-likeness (QED) is 0.930. The number of likely N-dealkylation sites (tertiary alicyclic amines) is 1. The minimum atomic E-state index is -0.0231. The summed E-state index contributed by atoms with van der Waals surface area (Å²) in [6.07, 6.45) is 3.65. The molecule has 6 heteroatoms. The fourth-order valence-corrected chi connectivity index (χ4v) is 3.16. The standard InChI is InChI=1S/C18H24N4O2/c1-12-6-7-15(11-13(12)2)20-18(23)22-10-4-5-16(22)8-9-17-19-14(3)24-21-17/h6-7,11,16H,4-5,8-10H2,1-3H3,(H,20,23). The van der Waals surface area contributed by atoms with Crippen molar-refractivity contribution in [2.45, 2.75) is 52.5 Å². The molecule has 1 fully saturated rings. The first-order valence-corrected chi connectivity index (χ1v) is 8.47. The second-order valence-electron chi connectivity index (χ2n) is 6.49. The Kier molecular flexibility index (Phi) is 4.83. The third kappa shape index (κ3) is 3.75. The highest BCUT2D eigenvalue weighted by Gasteiger charge is 2.28. The van der Waals surface area contributed by atoms with Crippen molar-refractivity contribution in [1.29, 1.82) is 0 Å². The molecule has 0 bridgehead atoms. The number of nitrogens with zero attached hydrogens (tertiary/aromatic N) is 3. The lowest BCUT2D eigenvalue weighted by molar-refractivity contribution is 0.203. The number of hydrogen-bond donors (Lipinski definition) is 1. The number of benzene rings is 1. The summed E-state index contributed by atoms with van der Waals surface area (Å²) >= 11 is 0. The molecule has 0 aliphatic carbocycles. The Morgan fingerprint density at radius 1 is 1.33 bits per heavy atom. The van der Waals surface area contributed by atoms with Crippen LogP contribution in [0, 0.1) is 20.8 Å². The molecule has 1 unspecified atom stereocenters. The molecule has 24 heavy (non-hydrogen) atoms. The van der Waals surface area contributed by atoms with Gasteiger partial charge in [0.2, 0.25) is 5.89 Å². The topological polar surface area (TPSA) is 71.3 Å². The number of carbonyl (C=O) groups excluding carboxylic acids is 1. The van der Waals surface area contributed by atoms with E-state index in [1.54, 1.807) is 6.92 Å². The van der Waals surface area contributed by atoms with Crippen LogP contribution < -0.4 is 5.32 Å². The lowest BCUT2D eigenvalue weighted by Crippen LogP contribution is -2.39. The molecule has 1 atom stereocenters. The fraction of sp³-hybridized carbons (Fsp3) is 0.500. The number of urea groups is 1. The number of anilines is 1. The minimum absolute atomic E-state index is 0.0231. The van der Waals surface area contributed by atoms with E-state index in [0.717, 1.165) is 37.9 Å². The highest BCUT2D eigenvalue weighted by molar-refractivity contribution is 5.89. The number of carbonyl (C=O) groups is 1. The van der Waals surface area contributed by atoms with Crippen molar-refractivity contribution in [2.24, 2.45) is 0 Å². The molecule has 0 spiro atoms. The molecule has 2 heterocycles. The zero-order chi connectivity index (χ0) is 17.1. The van der Waals surface area contributed by atoms with Gasteiger partial charge in [-0.05, 0) is 56.4 Å². The van der Waals surface area contributed by atoms with Gasteiger partial charge in [-0.2, -0.15) is 4.98 Å². The molecule has 3 rings (SSSR count). The summed E-state index contributed by atoms with van der Waals surface area (Å²) in [5, 5.41) is 6.95. The highest BCUT2D eigenvalue weighted by atomic mass is 16.5. The minimum Gasteiger partial charge on any atom is -0.340 e. The van der Waals surface area contributed by atoms with Crippen LogP contribution in [-0.2, 0) is 6.42 Å². The Hall–Kier alpha value is -2.37. The highest BCUT2D eigenvalue weighted by Crippen LogP contribution is 2.23. The van der Waals surface area contributed by atoms with Gasteiger partial charge in [0, 0.05) is 31.6 Å². The van der Waals surface area contributed by atoms with Gasteiger partial charge in [0.25, 0.3) is 0 Å². The van der Waals surface area contributed by atoms with Crippen molar-refractivity contribution in [3.05, 3.63) is 41.0 Å². The van der Waals surface area contributed by atoms with E-state index in [0.29, 0.717) is 11.7 Å². The van der Waals surface area contributed by atoms with E-state index in [-0.39, 0.29) is 12.1 Å². The average molecular weight is 328 g/mol. The molecule has 128 valence electrons. The maximum absolute atomic E-state index is 12.6. The number of nitrogens with one attached hydrogen (secondary N) is 1. The van der Waals surface area contributed by atoms with Crippen LogP contribution in [0.3, 0.4) is 0 Å². The van der Waals surface area contributed by atoms with Crippen LogP contribution in [0.2, 0.25) is 0 Å². The first kappa shape index (κ1) is 16.5. The van der Waals surface area contributed by atoms with Gasteiger partial charge in [0.05, 0.1) is 0 Å². The van der Waals surface area contributed by atoms with E-state index in [1.165, 1.54) is 11.1 Å². The van der Waals surface area contributed by atoms with E-state index in [2.05, 4.69) is 29.3 Å². The van der Waals surface area contributed by atoms with Crippen LogP contribution in [0.4, 0.5) is 10.5 Å². The van der Waals surface area contributed by atoms with Crippen molar-refractivity contribution in [2.75, 3.05) is 11.9 Å². The van der Waals surface area contributed by atoms with Crippen LogP contribution in [0.1, 0.15) is 42.1 Å². The first-order valence-electron chi connectivity index (χ1n) is 8.47. The zero-order valence-electron chi connectivity index (χ0n) is 14.5. The summed E-state index contributed by atoms with van der Waals surface area (Å²) < 4.78 is 5.00. The molecular formula is C18H24N4O2. The number of amides is 2. The Morgan fingerprint density at radius 3 is 2.88 bits per heavy atom. The average Bonchev–Trinajstić information content (AvgIpc) is 3.17. The summed E-state index contributed by atoms with van der Waals surface area (Å²) in [5.74, 6) is 1.30. The lowest BCUT2D eigenvalue weighted by atomic mass is 10.1. The molecule has 1 aromatic heterocycles. The van der Waals surface area contributed by atoms with E-state index < -0.39 is 0 Å². The number of hydrogen-bond acceptors (Lipinski definition) is 4. The first-order chi connectivity index (χ1) is 11.5. The molecule has 1 N–H and O–H groups in total. The van der Waals surface area contributed by atoms with Crippen molar-refractivity contribution < 1.29 is 9.32 Å². The van der Waals surface area contributed by atoms with Crippen molar-refractivity contribution in [3.63, 3.8) is 0 Å². The lowest BCUT2D eigenvalue weighted by Gasteiger charge is -2.25. The van der Waals surface area contributed by atoms with Crippen molar-refractivity contribution in [3.8, 4) is 0 Å².